The van der Waals surface area contributed by atoms with Crippen molar-refractivity contribution in [3.63, 3.8) is 0 Å². The molecule has 0 spiro atoms. The van der Waals surface area contributed by atoms with Gasteiger partial charge in [0.05, 0.1) is 17.5 Å². The minimum absolute atomic E-state index is 0.0161. The number of benzene rings is 3. The fraction of sp³-hybridized carbons (Fsp3) is 0.345. The highest BCUT2D eigenvalue weighted by atomic mass is 35.5. The zero-order valence-corrected chi connectivity index (χ0v) is 22.6. The summed E-state index contributed by atoms with van der Waals surface area (Å²) >= 11 is 6.81. The summed E-state index contributed by atoms with van der Waals surface area (Å²) in [6.45, 7) is 3.40. The van der Waals surface area contributed by atoms with Gasteiger partial charge >= 0.3 is 0 Å². The Morgan fingerprint density at radius 1 is 1.13 bits per heavy atom. The quantitative estimate of drug-likeness (QED) is 0.381. The van der Waals surface area contributed by atoms with E-state index >= 15 is 4.39 Å². The summed E-state index contributed by atoms with van der Waals surface area (Å²) in [7, 11) is 4.08. The predicted molar refractivity (Wildman–Crippen MR) is 153 cm³/mol. The summed E-state index contributed by atoms with van der Waals surface area (Å²) in [5.41, 5.74) is 0.888. The lowest BCUT2D eigenvalue weighted by molar-refractivity contribution is 0.245. The highest BCUT2D eigenvalue weighted by Gasteiger charge is 2.33. The van der Waals surface area contributed by atoms with E-state index in [1.165, 1.54) is 0 Å². The van der Waals surface area contributed by atoms with Crippen LogP contribution in [0.4, 0.5) is 16.2 Å². The molecule has 3 heterocycles. The first kappa shape index (κ1) is 25.6. The molecular formula is C29H29ClFN7O. The van der Waals surface area contributed by atoms with Crippen LogP contribution in [0.1, 0.15) is 6.42 Å². The summed E-state index contributed by atoms with van der Waals surface area (Å²) in [4.78, 5) is 16.0. The van der Waals surface area contributed by atoms with E-state index in [1.54, 1.807) is 18.2 Å². The molecule has 6 rings (SSSR count). The van der Waals surface area contributed by atoms with Gasteiger partial charge in [0.25, 0.3) is 0 Å². The van der Waals surface area contributed by atoms with Gasteiger partial charge in [0, 0.05) is 55.8 Å². The van der Waals surface area contributed by atoms with Gasteiger partial charge in [0.15, 0.2) is 5.82 Å². The van der Waals surface area contributed by atoms with Gasteiger partial charge in [-0.1, -0.05) is 35.9 Å². The number of rotatable bonds is 5. The van der Waals surface area contributed by atoms with Gasteiger partial charge < -0.3 is 25.1 Å². The molecule has 2 aliphatic rings. The maximum atomic E-state index is 16.6. The molecule has 2 N–H and O–H groups in total. The topological polar surface area (TPSA) is 91.5 Å². The fourth-order valence-corrected chi connectivity index (χ4v) is 5.80. The minimum Gasteiger partial charge on any atom is -0.508 e. The fourth-order valence-electron chi connectivity index (χ4n) is 5.51. The Bertz CT molecular complexity index is 1620. The lowest BCUT2D eigenvalue weighted by atomic mass is 9.96. The van der Waals surface area contributed by atoms with Crippen LogP contribution in [0.3, 0.4) is 0 Å². The van der Waals surface area contributed by atoms with E-state index in [-0.39, 0.29) is 27.9 Å². The molecule has 2 aliphatic heterocycles. The van der Waals surface area contributed by atoms with E-state index in [1.807, 2.05) is 38.4 Å². The molecule has 10 heteroatoms. The van der Waals surface area contributed by atoms with Crippen molar-refractivity contribution in [3.8, 4) is 22.9 Å². The van der Waals surface area contributed by atoms with Gasteiger partial charge in [-0.15, -0.1) is 0 Å². The Balaban J connectivity index is 1.54. The Kier molecular flexibility index (Phi) is 6.63. The van der Waals surface area contributed by atoms with Gasteiger partial charge in [0.2, 0.25) is 5.95 Å². The molecular weight excluding hydrogens is 517 g/mol. The average Bonchev–Trinajstić information content (AvgIpc) is 2.88. The van der Waals surface area contributed by atoms with Gasteiger partial charge in [0.1, 0.15) is 17.1 Å². The van der Waals surface area contributed by atoms with E-state index in [9.17, 15) is 10.4 Å². The molecule has 3 aromatic carbocycles. The standard InChI is InChI=1S/C29H29ClFN7O/c1-36(2)19-15-38(16-19)29-34-27-23(28(35-29)37-10-9-33-18(14-37)7-8-32)13-24(30)25(26(27)31)22-12-20(39)11-17-5-3-4-6-21(17)22/h3-6,11-13,18-19,33,39H,7,9-10,14-16H2,1-2H3/t18-/m0/s1. The third-order valence-corrected chi connectivity index (χ3v) is 8.03. The molecule has 1 aromatic heterocycles. The highest BCUT2D eigenvalue weighted by molar-refractivity contribution is 6.35. The Hall–Kier alpha value is -3.71. The molecule has 8 nitrogen and oxygen atoms in total. The number of nitrogens with one attached hydrogen (secondary N) is 1. The monoisotopic (exact) mass is 545 g/mol. The Labute approximate surface area is 231 Å². The number of halogens is 2. The second-order valence-corrected chi connectivity index (χ2v) is 10.9. The maximum Gasteiger partial charge on any atom is 0.228 e. The third-order valence-electron chi connectivity index (χ3n) is 7.74. The van der Waals surface area contributed by atoms with Crippen molar-refractivity contribution in [2.75, 3.05) is 56.6 Å². The predicted octanol–water partition coefficient (Wildman–Crippen LogP) is 4.39. The number of aromatic hydroxyl groups is 1. The second kappa shape index (κ2) is 10.1. The molecule has 0 amide bonds. The zero-order valence-electron chi connectivity index (χ0n) is 21.8. The SMILES string of the molecule is CN(C)C1CN(c2nc(N3CCN[C@@H](CC#N)C3)c3cc(Cl)c(-c4cc(O)cc5ccccc45)c(F)c3n2)C1. The largest absolute Gasteiger partial charge is 0.508 e. The summed E-state index contributed by atoms with van der Waals surface area (Å²) < 4.78 is 16.6. The lowest BCUT2D eigenvalue weighted by Crippen LogP contribution is -2.58. The van der Waals surface area contributed by atoms with Crippen LogP contribution < -0.4 is 15.1 Å². The average molecular weight is 546 g/mol. The third kappa shape index (κ3) is 4.59. The molecule has 0 aliphatic carbocycles. The van der Waals surface area contributed by atoms with Crippen LogP contribution in [0.5, 0.6) is 5.75 Å². The minimum atomic E-state index is -0.549. The van der Waals surface area contributed by atoms with Crippen molar-refractivity contribution in [3.05, 3.63) is 53.3 Å². The van der Waals surface area contributed by atoms with E-state index in [4.69, 9.17) is 21.6 Å². The van der Waals surface area contributed by atoms with E-state index in [0.717, 1.165) is 23.9 Å². The highest BCUT2D eigenvalue weighted by Crippen LogP contribution is 2.42. The summed E-state index contributed by atoms with van der Waals surface area (Å²) in [5, 5.41) is 25.4. The van der Waals surface area contributed by atoms with Crippen LogP contribution in [0.2, 0.25) is 5.02 Å². The van der Waals surface area contributed by atoms with Crippen molar-refractivity contribution in [1.82, 2.24) is 20.2 Å². The molecule has 200 valence electrons. The molecule has 2 saturated heterocycles. The number of anilines is 2. The number of hydrogen-bond acceptors (Lipinski definition) is 8. The number of nitrogens with zero attached hydrogens (tertiary/aromatic N) is 6. The molecule has 1 atom stereocenters. The zero-order chi connectivity index (χ0) is 27.3. The second-order valence-electron chi connectivity index (χ2n) is 10.5. The normalized spacial score (nSPS) is 18.1. The summed E-state index contributed by atoms with van der Waals surface area (Å²) in [5.74, 6) is 0.564. The smallest absolute Gasteiger partial charge is 0.228 e. The lowest BCUT2D eigenvalue weighted by Gasteiger charge is -2.43. The van der Waals surface area contributed by atoms with Crippen LogP contribution in [0.15, 0.2) is 42.5 Å². The van der Waals surface area contributed by atoms with Crippen LogP contribution in [-0.2, 0) is 0 Å². The molecule has 4 aromatic rings. The maximum absolute atomic E-state index is 16.6. The van der Waals surface area contributed by atoms with Crippen molar-refractivity contribution in [2.24, 2.45) is 0 Å². The number of phenolic OH excluding ortho intramolecular Hbond substituents is 1. The van der Waals surface area contributed by atoms with E-state index in [0.29, 0.717) is 54.8 Å². The first-order valence-electron chi connectivity index (χ1n) is 13.0. The van der Waals surface area contributed by atoms with Gasteiger partial charge in [-0.25, -0.2) is 9.37 Å². The van der Waals surface area contributed by atoms with Crippen molar-refractivity contribution >= 4 is 45.0 Å². The molecule has 0 bridgehead atoms. The Morgan fingerprint density at radius 2 is 1.92 bits per heavy atom. The number of phenols is 1. The van der Waals surface area contributed by atoms with Gasteiger partial charge in [-0.2, -0.15) is 10.2 Å². The molecule has 39 heavy (non-hydrogen) atoms. The van der Waals surface area contributed by atoms with Crippen LogP contribution in [0, 0.1) is 17.1 Å². The van der Waals surface area contributed by atoms with Crippen molar-refractivity contribution in [1.29, 1.82) is 5.26 Å². The van der Waals surface area contributed by atoms with E-state index in [2.05, 4.69) is 26.1 Å². The summed E-state index contributed by atoms with van der Waals surface area (Å²) in [6, 6.07) is 15.0. The number of piperazine rings is 1. The molecule has 0 saturated carbocycles. The molecule has 2 fully saturated rings. The summed E-state index contributed by atoms with van der Waals surface area (Å²) in [6.07, 6.45) is 0.368. The Morgan fingerprint density at radius 3 is 2.69 bits per heavy atom. The van der Waals surface area contributed by atoms with Gasteiger partial charge in [-0.3, -0.25) is 0 Å². The van der Waals surface area contributed by atoms with Crippen LogP contribution in [-0.4, -0.2) is 78.9 Å². The van der Waals surface area contributed by atoms with Crippen LogP contribution in [0.25, 0.3) is 32.8 Å². The first-order chi connectivity index (χ1) is 18.8. The number of aromatic nitrogens is 2. The molecule has 0 radical (unpaired) electrons. The first-order valence-corrected chi connectivity index (χ1v) is 13.4. The number of nitriles is 1. The number of fused-ring (bicyclic) bond motifs is 2. The van der Waals surface area contributed by atoms with Gasteiger partial charge in [-0.05, 0) is 48.6 Å². The van der Waals surface area contributed by atoms with E-state index < -0.39 is 5.82 Å². The van der Waals surface area contributed by atoms with Crippen molar-refractivity contribution in [2.45, 2.75) is 18.5 Å². The number of hydrogen-bond donors (Lipinski definition) is 2. The number of likely N-dealkylation sites (N-methyl/N-ethyl adjacent to an activating group) is 1. The molecule has 0 unspecified atom stereocenters. The van der Waals surface area contributed by atoms with Crippen LogP contribution >= 0.6 is 11.6 Å². The van der Waals surface area contributed by atoms with Crippen molar-refractivity contribution < 1.29 is 9.50 Å².